The molecule has 3 aromatic heterocycles. The zero-order valence-electron chi connectivity index (χ0n) is 8.02. The number of hydrogen-bond donors (Lipinski definition) is 3. The highest BCUT2D eigenvalue weighted by Gasteiger charge is 2.11. The Balaban J connectivity index is 1.87. The van der Waals surface area contributed by atoms with E-state index in [1.807, 2.05) is 17.5 Å². The van der Waals surface area contributed by atoms with Gasteiger partial charge >= 0.3 is 0 Å². The molecule has 7 heteroatoms. The number of aromatic amines is 2. The molecular formula is C9H7N5OS. The molecule has 3 heterocycles. The summed E-state index contributed by atoms with van der Waals surface area (Å²) in [4.78, 5) is 18.6. The van der Waals surface area contributed by atoms with Crippen LogP contribution >= 0.6 is 11.3 Å². The molecule has 6 nitrogen and oxygen atoms in total. The van der Waals surface area contributed by atoms with Gasteiger partial charge in [-0.05, 0) is 17.5 Å². The first-order valence-corrected chi connectivity index (χ1v) is 5.44. The van der Waals surface area contributed by atoms with E-state index in [1.54, 1.807) is 11.3 Å². The molecule has 0 radical (unpaired) electrons. The maximum Gasteiger partial charge on any atom is 0.274 e. The summed E-state index contributed by atoms with van der Waals surface area (Å²) in [6.07, 6.45) is 1.34. The summed E-state index contributed by atoms with van der Waals surface area (Å²) < 4.78 is 1.06. The molecule has 0 saturated heterocycles. The number of nitrogens with one attached hydrogen (secondary N) is 3. The minimum atomic E-state index is -0.236. The van der Waals surface area contributed by atoms with Crippen LogP contribution < -0.4 is 5.32 Å². The molecule has 0 aliphatic carbocycles. The van der Waals surface area contributed by atoms with Crippen molar-refractivity contribution in [2.75, 3.05) is 5.32 Å². The molecule has 16 heavy (non-hydrogen) atoms. The predicted octanol–water partition coefficient (Wildman–Crippen LogP) is 1.60. The number of carbonyl (C=O) groups excluding carboxylic acids is 1. The van der Waals surface area contributed by atoms with Crippen molar-refractivity contribution in [3.63, 3.8) is 0 Å². The first-order chi connectivity index (χ1) is 7.83. The Kier molecular flexibility index (Phi) is 1.97. The Bertz CT molecular complexity index is 595. The number of carbonyl (C=O) groups is 1. The molecule has 0 aliphatic heterocycles. The highest BCUT2D eigenvalue weighted by molar-refractivity contribution is 7.17. The van der Waals surface area contributed by atoms with E-state index in [1.165, 1.54) is 6.33 Å². The minimum Gasteiger partial charge on any atom is -0.350 e. The Hall–Kier alpha value is -2.15. The number of thiophene rings is 1. The highest BCUT2D eigenvalue weighted by atomic mass is 32.1. The normalized spacial score (nSPS) is 10.8. The van der Waals surface area contributed by atoms with Crippen molar-refractivity contribution >= 4 is 33.4 Å². The highest BCUT2D eigenvalue weighted by Crippen LogP contribution is 2.21. The molecule has 0 unspecified atom stereocenters. The smallest absolute Gasteiger partial charge is 0.274 e. The molecule has 3 aromatic rings. The number of rotatable bonds is 2. The summed E-state index contributed by atoms with van der Waals surface area (Å²) in [5.74, 6) is 0.100. The van der Waals surface area contributed by atoms with Gasteiger partial charge in [-0.15, -0.1) is 11.3 Å². The lowest BCUT2D eigenvalue weighted by atomic mass is 10.4. The van der Waals surface area contributed by atoms with Gasteiger partial charge in [-0.2, -0.15) is 10.1 Å². The van der Waals surface area contributed by atoms with Crippen LogP contribution in [0.3, 0.4) is 0 Å². The van der Waals surface area contributed by atoms with E-state index < -0.39 is 0 Å². The Morgan fingerprint density at radius 3 is 3.19 bits per heavy atom. The van der Waals surface area contributed by atoms with Gasteiger partial charge in [0, 0.05) is 0 Å². The summed E-state index contributed by atoms with van der Waals surface area (Å²) in [6, 6.07) is 3.75. The minimum absolute atomic E-state index is 0.236. The lowest BCUT2D eigenvalue weighted by molar-refractivity contribution is 0.102. The summed E-state index contributed by atoms with van der Waals surface area (Å²) in [5, 5.41) is 10.8. The SMILES string of the molecule is O=C(Nc1ncn[nH]1)c1cc2sccc2[nH]1. The molecule has 0 bridgehead atoms. The van der Waals surface area contributed by atoms with Crippen LogP contribution in [0.2, 0.25) is 0 Å². The van der Waals surface area contributed by atoms with Crippen molar-refractivity contribution in [2.24, 2.45) is 0 Å². The molecule has 0 aliphatic rings. The average molecular weight is 233 g/mol. The van der Waals surface area contributed by atoms with Crippen molar-refractivity contribution in [2.45, 2.75) is 0 Å². The van der Waals surface area contributed by atoms with Crippen molar-refractivity contribution in [1.29, 1.82) is 0 Å². The molecule has 0 atom stereocenters. The maximum atomic E-state index is 11.8. The Labute approximate surface area is 93.7 Å². The first-order valence-electron chi connectivity index (χ1n) is 4.56. The monoisotopic (exact) mass is 233 g/mol. The van der Waals surface area contributed by atoms with Crippen LogP contribution in [-0.2, 0) is 0 Å². The Morgan fingerprint density at radius 2 is 2.44 bits per heavy atom. The summed E-state index contributed by atoms with van der Waals surface area (Å²) in [5.41, 5.74) is 1.48. The fraction of sp³-hybridized carbons (Fsp3) is 0. The summed E-state index contributed by atoms with van der Waals surface area (Å²) >= 11 is 1.59. The summed E-state index contributed by atoms with van der Waals surface area (Å²) in [7, 11) is 0. The first kappa shape index (κ1) is 9.10. The van der Waals surface area contributed by atoms with Crippen LogP contribution in [0, 0.1) is 0 Å². The van der Waals surface area contributed by atoms with Crippen molar-refractivity contribution in [1.82, 2.24) is 20.2 Å². The third-order valence-corrected chi connectivity index (χ3v) is 3.00. The molecular weight excluding hydrogens is 226 g/mol. The summed E-state index contributed by atoms with van der Waals surface area (Å²) in [6.45, 7) is 0. The lowest BCUT2D eigenvalue weighted by Gasteiger charge is -1.97. The van der Waals surface area contributed by atoms with Crippen LogP contribution in [-0.4, -0.2) is 26.1 Å². The molecule has 1 amide bonds. The van der Waals surface area contributed by atoms with Crippen LogP contribution in [0.5, 0.6) is 0 Å². The topological polar surface area (TPSA) is 86.5 Å². The fourth-order valence-electron chi connectivity index (χ4n) is 1.41. The second kappa shape index (κ2) is 3.46. The van der Waals surface area contributed by atoms with Crippen LogP contribution in [0.25, 0.3) is 10.2 Å². The van der Waals surface area contributed by atoms with Crippen LogP contribution in [0.4, 0.5) is 5.95 Å². The van der Waals surface area contributed by atoms with Gasteiger partial charge in [0.05, 0.1) is 10.2 Å². The number of nitrogens with zero attached hydrogens (tertiary/aromatic N) is 2. The van der Waals surface area contributed by atoms with Crippen molar-refractivity contribution < 1.29 is 4.79 Å². The zero-order chi connectivity index (χ0) is 11.0. The van der Waals surface area contributed by atoms with Gasteiger partial charge < -0.3 is 4.98 Å². The van der Waals surface area contributed by atoms with E-state index in [0.717, 1.165) is 10.2 Å². The van der Waals surface area contributed by atoms with E-state index in [2.05, 4.69) is 25.5 Å². The van der Waals surface area contributed by atoms with Gasteiger partial charge in [0.25, 0.3) is 5.91 Å². The van der Waals surface area contributed by atoms with Gasteiger partial charge in [-0.25, -0.2) is 5.10 Å². The molecule has 0 saturated carbocycles. The average Bonchev–Trinajstić information content (AvgIpc) is 2.91. The van der Waals surface area contributed by atoms with E-state index >= 15 is 0 Å². The molecule has 0 fully saturated rings. The number of hydrogen-bond acceptors (Lipinski definition) is 4. The van der Waals surface area contributed by atoms with E-state index in [-0.39, 0.29) is 5.91 Å². The van der Waals surface area contributed by atoms with Gasteiger partial charge in [0.15, 0.2) is 0 Å². The zero-order valence-corrected chi connectivity index (χ0v) is 8.84. The van der Waals surface area contributed by atoms with E-state index in [4.69, 9.17) is 0 Å². The maximum absolute atomic E-state index is 11.8. The van der Waals surface area contributed by atoms with Crippen LogP contribution in [0.1, 0.15) is 10.5 Å². The molecule has 3 rings (SSSR count). The third-order valence-electron chi connectivity index (χ3n) is 2.13. The van der Waals surface area contributed by atoms with Gasteiger partial charge in [0.1, 0.15) is 12.0 Å². The quantitative estimate of drug-likeness (QED) is 0.628. The number of amides is 1. The fourth-order valence-corrected chi connectivity index (χ4v) is 2.19. The standard InChI is InChI=1S/C9H7N5OS/c15-8(13-9-10-4-11-14-9)6-3-7-5(12-6)1-2-16-7/h1-4,12H,(H2,10,11,13,14,15). The second-order valence-electron chi connectivity index (χ2n) is 3.17. The van der Waals surface area contributed by atoms with Gasteiger partial charge in [-0.1, -0.05) is 0 Å². The molecule has 80 valence electrons. The second-order valence-corrected chi connectivity index (χ2v) is 4.12. The molecule has 0 aromatic carbocycles. The predicted molar refractivity (Wildman–Crippen MR) is 60.5 cm³/mol. The number of H-pyrrole nitrogens is 2. The molecule has 0 spiro atoms. The van der Waals surface area contributed by atoms with Crippen LogP contribution in [0.15, 0.2) is 23.8 Å². The van der Waals surface area contributed by atoms with Gasteiger partial charge in [0.2, 0.25) is 5.95 Å². The Morgan fingerprint density at radius 1 is 1.50 bits per heavy atom. The lowest BCUT2D eigenvalue weighted by Crippen LogP contribution is -2.13. The van der Waals surface area contributed by atoms with Gasteiger partial charge in [-0.3, -0.25) is 10.1 Å². The largest absolute Gasteiger partial charge is 0.350 e. The van der Waals surface area contributed by atoms with Crippen molar-refractivity contribution in [3.8, 4) is 0 Å². The third kappa shape index (κ3) is 1.47. The number of fused-ring (bicyclic) bond motifs is 1. The van der Waals surface area contributed by atoms with Crippen molar-refractivity contribution in [3.05, 3.63) is 29.5 Å². The van der Waals surface area contributed by atoms with E-state index in [9.17, 15) is 4.79 Å². The number of aromatic nitrogens is 4. The van der Waals surface area contributed by atoms with E-state index in [0.29, 0.717) is 11.6 Å². The molecule has 3 N–H and O–H groups in total. The number of anilines is 1.